The third-order valence-corrected chi connectivity index (χ3v) is 0. The van der Waals surface area contributed by atoms with E-state index in [1.807, 2.05) is 0 Å². The molecule has 0 fully saturated rings. The van der Waals surface area contributed by atoms with Gasteiger partial charge in [0, 0.05) is 68.3 Å². The summed E-state index contributed by atoms with van der Waals surface area (Å²) in [7, 11) is 0. The van der Waals surface area contributed by atoms with Crippen molar-refractivity contribution in [2.24, 2.45) is 0 Å². The number of hydrogen-bond donors (Lipinski definition) is 0. The van der Waals surface area contributed by atoms with Crippen molar-refractivity contribution in [3.05, 3.63) is 0 Å². The normalized spacial score (nSPS) is 0. The minimum atomic E-state index is 0. The van der Waals surface area contributed by atoms with Gasteiger partial charge in [-0.05, 0) is 0 Å². The molecule has 2 radical (unpaired) electrons. The minimum Gasteiger partial charge on any atom is 0 e. The third-order valence-electron chi connectivity index (χ3n) is 0. The minimum absolute atomic E-state index is 0. The fourth-order valence-electron chi connectivity index (χ4n) is 0. The molecule has 0 spiro atoms. The zero-order valence-corrected chi connectivity index (χ0v) is 5.76. The van der Waals surface area contributed by atoms with Crippen LogP contribution in [-0.2, 0) is 68.3 Å². The fraction of sp³-hybridized carbons (Fsp3) is 0. The average molecular weight is 230 g/mol. The van der Waals surface area contributed by atoms with Crippen LogP contribution in [0.15, 0.2) is 0 Å². The molecule has 0 bridgehead atoms. The standard InChI is InChI=1S/Co.Cr.Cu.Fe. The summed E-state index contributed by atoms with van der Waals surface area (Å²) >= 11 is 0. The molecule has 0 saturated carbocycles. The molecular weight excluding hydrogens is 230 g/mol. The van der Waals surface area contributed by atoms with Gasteiger partial charge in [0.05, 0.1) is 0 Å². The van der Waals surface area contributed by atoms with Gasteiger partial charge in [-0.1, -0.05) is 0 Å². The van der Waals surface area contributed by atoms with E-state index in [0.717, 1.165) is 0 Å². The molecule has 0 aliphatic heterocycles. The second kappa shape index (κ2) is 19.6. The number of hydrogen-bond acceptors (Lipinski definition) is 0. The summed E-state index contributed by atoms with van der Waals surface area (Å²) in [5.41, 5.74) is 0. The van der Waals surface area contributed by atoms with E-state index in [2.05, 4.69) is 0 Å². The molecule has 0 heterocycles. The first-order valence-corrected chi connectivity index (χ1v) is 0. The van der Waals surface area contributed by atoms with Crippen molar-refractivity contribution < 1.29 is 68.3 Å². The summed E-state index contributed by atoms with van der Waals surface area (Å²) in [6.07, 6.45) is 0. The van der Waals surface area contributed by atoms with Crippen LogP contribution in [0.1, 0.15) is 0 Å². The van der Waals surface area contributed by atoms with E-state index < -0.39 is 0 Å². The number of rotatable bonds is 0. The molecule has 0 rings (SSSR count). The van der Waals surface area contributed by atoms with E-state index in [1.165, 1.54) is 0 Å². The predicted octanol–water partition coefficient (Wildman–Crippen LogP) is -0.0100. The summed E-state index contributed by atoms with van der Waals surface area (Å²) in [4.78, 5) is 0. The molecule has 4 heavy (non-hydrogen) atoms. The molecule has 0 atom stereocenters. The molecule has 4 heteroatoms. The molecule has 0 aromatic rings. The molecule has 0 saturated heterocycles. The van der Waals surface area contributed by atoms with Gasteiger partial charge in [-0.15, -0.1) is 0 Å². The van der Waals surface area contributed by atoms with Gasteiger partial charge in [-0.25, -0.2) is 0 Å². The van der Waals surface area contributed by atoms with Gasteiger partial charge in [0.2, 0.25) is 0 Å². The van der Waals surface area contributed by atoms with Crippen molar-refractivity contribution in [3.8, 4) is 0 Å². The predicted molar refractivity (Wildman–Crippen MR) is 0 cm³/mol. The average Bonchev–Trinajstić information content (AvgIpc) is 0. The van der Waals surface area contributed by atoms with Crippen LogP contribution >= 0.6 is 0 Å². The van der Waals surface area contributed by atoms with Gasteiger partial charge in [0.25, 0.3) is 0 Å². The first-order chi connectivity index (χ1) is 0. The van der Waals surface area contributed by atoms with Gasteiger partial charge < -0.3 is 0 Å². The maximum Gasteiger partial charge on any atom is 0 e. The van der Waals surface area contributed by atoms with Crippen LogP contribution in [-0.4, -0.2) is 0 Å². The summed E-state index contributed by atoms with van der Waals surface area (Å²) in [6.45, 7) is 0. The SMILES string of the molecule is [Co].[Cr].[Cu].[Fe]. The Hall–Kier alpha value is 2.08. The smallest absolute Gasteiger partial charge is 0 e. The van der Waals surface area contributed by atoms with Crippen molar-refractivity contribution in [1.82, 2.24) is 0 Å². The zero-order chi connectivity index (χ0) is 0. The maximum atomic E-state index is 0. The van der Waals surface area contributed by atoms with Gasteiger partial charge in [-0.3, -0.25) is 0 Å². The van der Waals surface area contributed by atoms with E-state index in [0.29, 0.717) is 0 Å². The van der Waals surface area contributed by atoms with E-state index in [1.54, 1.807) is 0 Å². The summed E-state index contributed by atoms with van der Waals surface area (Å²) in [5, 5.41) is 0. The second-order valence-corrected chi connectivity index (χ2v) is 0. The topological polar surface area (TPSA) is 0 Å². The van der Waals surface area contributed by atoms with Crippen LogP contribution in [0.2, 0.25) is 0 Å². The summed E-state index contributed by atoms with van der Waals surface area (Å²) in [5.74, 6) is 0. The van der Waals surface area contributed by atoms with Crippen molar-refractivity contribution in [3.63, 3.8) is 0 Å². The maximum absolute atomic E-state index is 0. The van der Waals surface area contributed by atoms with E-state index in [-0.39, 0.29) is 68.3 Å². The van der Waals surface area contributed by atoms with Crippen LogP contribution in [0.5, 0.6) is 0 Å². The third kappa shape index (κ3) is 8.95. The Labute approximate surface area is 67.8 Å². The molecule has 34 valence electrons. The largest absolute Gasteiger partial charge is 0 e. The molecule has 0 aliphatic carbocycles. The van der Waals surface area contributed by atoms with E-state index in [9.17, 15) is 0 Å². The van der Waals surface area contributed by atoms with Crippen LogP contribution in [0.3, 0.4) is 0 Å². The van der Waals surface area contributed by atoms with E-state index >= 15 is 0 Å². The second-order valence-electron chi connectivity index (χ2n) is 0. The van der Waals surface area contributed by atoms with E-state index in [4.69, 9.17) is 0 Å². The Morgan fingerprint density at radius 3 is 1.00 bits per heavy atom. The monoisotopic (exact) mass is 230 g/mol. The van der Waals surface area contributed by atoms with Gasteiger partial charge >= 0.3 is 0 Å². The molecule has 0 nitrogen and oxygen atoms in total. The zero-order valence-electron chi connectivity index (χ0n) is 1.40. The Morgan fingerprint density at radius 1 is 1.00 bits per heavy atom. The molecule has 0 aliphatic rings. The van der Waals surface area contributed by atoms with Crippen LogP contribution in [0.4, 0.5) is 0 Å². The Bertz CT molecular complexity index is 8.00. The quantitative estimate of drug-likeness (QED) is 0.514. The molecule has 0 aromatic carbocycles. The Morgan fingerprint density at radius 2 is 1.00 bits per heavy atom. The Kier molecular flexibility index (Phi) is 177. The summed E-state index contributed by atoms with van der Waals surface area (Å²) < 4.78 is 0. The molecule has 0 N–H and O–H groups in total. The van der Waals surface area contributed by atoms with Gasteiger partial charge in [0.15, 0.2) is 0 Å². The van der Waals surface area contributed by atoms with Gasteiger partial charge in [-0.2, -0.15) is 0 Å². The molecular formula is CoCrCuFe. The summed E-state index contributed by atoms with van der Waals surface area (Å²) in [6, 6.07) is 0. The van der Waals surface area contributed by atoms with Crippen LogP contribution < -0.4 is 0 Å². The van der Waals surface area contributed by atoms with Gasteiger partial charge in [0.1, 0.15) is 0 Å². The van der Waals surface area contributed by atoms with Crippen molar-refractivity contribution in [2.75, 3.05) is 0 Å². The molecule has 0 amide bonds. The first kappa shape index (κ1) is 36.3. The van der Waals surface area contributed by atoms with Crippen molar-refractivity contribution >= 4 is 0 Å². The van der Waals surface area contributed by atoms with Crippen LogP contribution in [0.25, 0.3) is 0 Å². The fourth-order valence-corrected chi connectivity index (χ4v) is 0. The molecule has 0 aromatic heterocycles. The molecule has 0 unspecified atom stereocenters. The van der Waals surface area contributed by atoms with Crippen molar-refractivity contribution in [2.45, 2.75) is 0 Å². The van der Waals surface area contributed by atoms with Crippen LogP contribution in [0, 0.1) is 0 Å². The Balaban J connectivity index is 0. The first-order valence-electron chi connectivity index (χ1n) is 0. The van der Waals surface area contributed by atoms with Crippen molar-refractivity contribution in [1.29, 1.82) is 0 Å².